The number of nitrogens with two attached hydrogens (primary N) is 1. The molecule has 0 aliphatic rings. The molecule has 0 amide bonds. The lowest BCUT2D eigenvalue weighted by molar-refractivity contribution is 0.269. The Hall–Kier alpha value is -1.52. The Morgan fingerprint density at radius 1 is 1.38 bits per heavy atom. The molecule has 0 aliphatic heterocycles. The minimum absolute atomic E-state index is 0.335. The van der Waals surface area contributed by atoms with Gasteiger partial charge in [-0.25, -0.2) is 0 Å². The summed E-state index contributed by atoms with van der Waals surface area (Å²) in [5, 5.41) is 0.541. The first-order valence-electron chi connectivity index (χ1n) is 4.77. The third-order valence-electron chi connectivity index (χ3n) is 2.00. The fourth-order valence-electron chi connectivity index (χ4n) is 1.23. The lowest BCUT2D eigenvalue weighted by Crippen LogP contribution is -1.95. The van der Waals surface area contributed by atoms with E-state index >= 15 is 0 Å². The van der Waals surface area contributed by atoms with Gasteiger partial charge in [0.1, 0.15) is 18.1 Å². The zero-order valence-electron chi connectivity index (χ0n) is 8.52. The predicted octanol–water partition coefficient (Wildman–Crippen LogP) is 2.37. The normalized spacial score (nSPS) is 10.4. The summed E-state index contributed by atoms with van der Waals surface area (Å²) in [6.45, 7) is 0.796. The SMILES string of the molecule is NCc1coc(COc2cncc(Cl)c2)c1. The molecule has 2 aromatic rings. The van der Waals surface area contributed by atoms with Crippen molar-refractivity contribution in [3.8, 4) is 5.75 Å². The maximum Gasteiger partial charge on any atom is 0.146 e. The van der Waals surface area contributed by atoms with Crippen molar-refractivity contribution >= 4 is 11.6 Å². The van der Waals surface area contributed by atoms with Gasteiger partial charge >= 0.3 is 0 Å². The smallest absolute Gasteiger partial charge is 0.146 e. The second kappa shape index (κ2) is 5.01. The molecular weight excluding hydrogens is 228 g/mol. The molecule has 2 N–H and O–H groups in total. The van der Waals surface area contributed by atoms with Gasteiger partial charge in [-0.05, 0) is 6.07 Å². The molecule has 16 heavy (non-hydrogen) atoms. The fraction of sp³-hybridized carbons (Fsp3) is 0.182. The van der Waals surface area contributed by atoms with E-state index < -0.39 is 0 Å². The van der Waals surface area contributed by atoms with Gasteiger partial charge in [0.15, 0.2) is 0 Å². The Labute approximate surface area is 98.0 Å². The van der Waals surface area contributed by atoms with Crippen LogP contribution in [0.3, 0.4) is 0 Å². The van der Waals surface area contributed by atoms with Crippen molar-refractivity contribution in [1.29, 1.82) is 0 Å². The summed E-state index contributed by atoms with van der Waals surface area (Å²) in [6.07, 6.45) is 4.77. The van der Waals surface area contributed by atoms with E-state index in [2.05, 4.69) is 4.98 Å². The highest BCUT2D eigenvalue weighted by atomic mass is 35.5. The Morgan fingerprint density at radius 3 is 2.94 bits per heavy atom. The molecule has 5 heteroatoms. The van der Waals surface area contributed by atoms with Gasteiger partial charge in [-0.2, -0.15) is 0 Å². The Morgan fingerprint density at radius 2 is 2.25 bits per heavy atom. The first-order valence-corrected chi connectivity index (χ1v) is 5.15. The molecule has 0 aromatic carbocycles. The number of aromatic nitrogens is 1. The number of pyridine rings is 1. The average Bonchev–Trinajstić information content (AvgIpc) is 2.74. The van der Waals surface area contributed by atoms with Crippen molar-refractivity contribution in [2.75, 3.05) is 0 Å². The Kier molecular flexibility index (Phi) is 3.44. The van der Waals surface area contributed by atoms with E-state index in [0.29, 0.717) is 23.9 Å². The molecule has 0 aliphatic carbocycles. The second-order valence-corrected chi connectivity index (χ2v) is 3.69. The molecule has 84 valence electrons. The maximum absolute atomic E-state index is 5.77. The van der Waals surface area contributed by atoms with Crippen LogP contribution >= 0.6 is 11.6 Å². The Bertz CT molecular complexity index is 471. The van der Waals surface area contributed by atoms with E-state index in [0.717, 1.165) is 11.3 Å². The number of hydrogen-bond donors (Lipinski definition) is 1. The first kappa shape index (κ1) is 11.0. The summed E-state index contributed by atoms with van der Waals surface area (Å²) in [6, 6.07) is 3.55. The van der Waals surface area contributed by atoms with Crippen LogP contribution in [-0.2, 0) is 13.2 Å². The highest BCUT2D eigenvalue weighted by molar-refractivity contribution is 6.30. The first-order chi connectivity index (χ1) is 7.78. The lowest BCUT2D eigenvalue weighted by atomic mass is 10.3. The summed E-state index contributed by atoms with van der Waals surface area (Å²) in [7, 11) is 0. The molecule has 0 saturated heterocycles. The van der Waals surface area contributed by atoms with E-state index in [4.69, 9.17) is 26.5 Å². The third kappa shape index (κ3) is 2.74. The van der Waals surface area contributed by atoms with E-state index in [1.165, 1.54) is 0 Å². The molecule has 2 heterocycles. The molecule has 2 aromatic heterocycles. The zero-order chi connectivity index (χ0) is 11.4. The van der Waals surface area contributed by atoms with Crippen molar-refractivity contribution in [2.24, 2.45) is 5.73 Å². The van der Waals surface area contributed by atoms with Gasteiger partial charge in [0.05, 0.1) is 17.5 Å². The van der Waals surface area contributed by atoms with Crippen LogP contribution in [-0.4, -0.2) is 4.98 Å². The third-order valence-corrected chi connectivity index (χ3v) is 2.21. The summed E-state index contributed by atoms with van der Waals surface area (Å²) in [5.41, 5.74) is 6.41. The molecule has 0 spiro atoms. The molecule has 0 bridgehead atoms. The molecule has 0 unspecified atom stereocenters. The van der Waals surface area contributed by atoms with Crippen LogP contribution in [0.15, 0.2) is 35.2 Å². The quantitative estimate of drug-likeness (QED) is 0.888. The van der Waals surface area contributed by atoms with Crippen LogP contribution in [0.25, 0.3) is 0 Å². The van der Waals surface area contributed by atoms with Crippen LogP contribution in [0.2, 0.25) is 5.02 Å². The lowest BCUT2D eigenvalue weighted by Gasteiger charge is -2.02. The molecule has 2 rings (SSSR count). The minimum Gasteiger partial charge on any atom is -0.484 e. The van der Waals surface area contributed by atoms with E-state index in [9.17, 15) is 0 Å². The summed E-state index contributed by atoms with van der Waals surface area (Å²) >= 11 is 5.77. The monoisotopic (exact) mass is 238 g/mol. The van der Waals surface area contributed by atoms with E-state index in [1.807, 2.05) is 6.07 Å². The highest BCUT2D eigenvalue weighted by Crippen LogP contribution is 2.17. The number of hydrogen-bond acceptors (Lipinski definition) is 4. The Balaban J connectivity index is 1.96. The largest absolute Gasteiger partial charge is 0.484 e. The van der Waals surface area contributed by atoms with Gasteiger partial charge in [0.25, 0.3) is 0 Å². The number of ether oxygens (including phenoxy) is 1. The summed E-state index contributed by atoms with van der Waals surface area (Å²) in [4.78, 5) is 3.91. The molecular formula is C11H11ClN2O2. The fourth-order valence-corrected chi connectivity index (χ4v) is 1.40. The van der Waals surface area contributed by atoms with Gasteiger partial charge in [-0.1, -0.05) is 11.6 Å². The van der Waals surface area contributed by atoms with Crippen molar-refractivity contribution in [3.05, 3.63) is 47.1 Å². The van der Waals surface area contributed by atoms with E-state index in [-0.39, 0.29) is 0 Å². The van der Waals surface area contributed by atoms with Crippen molar-refractivity contribution < 1.29 is 9.15 Å². The van der Waals surface area contributed by atoms with Crippen molar-refractivity contribution in [3.63, 3.8) is 0 Å². The number of halogens is 1. The zero-order valence-corrected chi connectivity index (χ0v) is 9.28. The topological polar surface area (TPSA) is 61.3 Å². The minimum atomic E-state index is 0.335. The van der Waals surface area contributed by atoms with E-state index in [1.54, 1.807) is 24.7 Å². The van der Waals surface area contributed by atoms with Gasteiger partial charge < -0.3 is 14.9 Å². The molecule has 0 fully saturated rings. The summed E-state index contributed by atoms with van der Waals surface area (Å²) in [5.74, 6) is 1.33. The van der Waals surface area contributed by atoms with Crippen LogP contribution in [0, 0.1) is 0 Å². The molecule has 0 radical (unpaired) electrons. The number of furan rings is 1. The standard InChI is InChI=1S/C11H11ClN2O2/c12-9-2-10(5-14-4-9)16-7-11-1-8(3-13)6-15-11/h1-2,4-6H,3,7,13H2. The van der Waals surface area contributed by atoms with Crippen LogP contribution in [0.5, 0.6) is 5.75 Å². The number of nitrogens with zero attached hydrogens (tertiary/aromatic N) is 1. The van der Waals surface area contributed by atoms with Gasteiger partial charge in [0, 0.05) is 24.4 Å². The highest BCUT2D eigenvalue weighted by Gasteiger charge is 2.02. The van der Waals surface area contributed by atoms with Gasteiger partial charge in [-0.3, -0.25) is 4.98 Å². The second-order valence-electron chi connectivity index (χ2n) is 3.25. The maximum atomic E-state index is 5.77. The van der Waals surface area contributed by atoms with Gasteiger partial charge in [0.2, 0.25) is 0 Å². The van der Waals surface area contributed by atoms with Crippen molar-refractivity contribution in [1.82, 2.24) is 4.98 Å². The van der Waals surface area contributed by atoms with Crippen LogP contribution < -0.4 is 10.5 Å². The van der Waals surface area contributed by atoms with Crippen LogP contribution in [0.4, 0.5) is 0 Å². The summed E-state index contributed by atoms with van der Waals surface area (Å²) < 4.78 is 10.7. The van der Waals surface area contributed by atoms with Crippen molar-refractivity contribution in [2.45, 2.75) is 13.2 Å². The van der Waals surface area contributed by atoms with Gasteiger partial charge in [-0.15, -0.1) is 0 Å². The predicted molar refractivity (Wildman–Crippen MR) is 60.2 cm³/mol. The molecule has 0 saturated carbocycles. The molecule has 4 nitrogen and oxygen atoms in total. The van der Waals surface area contributed by atoms with Crippen LogP contribution in [0.1, 0.15) is 11.3 Å². The average molecular weight is 239 g/mol. The molecule has 0 atom stereocenters. The number of rotatable bonds is 4.